The lowest BCUT2D eigenvalue weighted by molar-refractivity contribution is -0.286. The third-order valence-electron chi connectivity index (χ3n) is 2.78. The van der Waals surface area contributed by atoms with Crippen molar-refractivity contribution < 1.29 is 32.5 Å². The molecular weight excluding hydrogens is 276 g/mol. The van der Waals surface area contributed by atoms with Gasteiger partial charge in [-0.1, -0.05) is 0 Å². The van der Waals surface area contributed by atoms with Crippen molar-refractivity contribution in [1.82, 2.24) is 0 Å². The molecule has 1 atom stereocenters. The van der Waals surface area contributed by atoms with Gasteiger partial charge >= 0.3 is 6.29 Å². The quantitative estimate of drug-likeness (QED) is 0.889. The predicted molar refractivity (Wildman–Crippen MR) is 61.8 cm³/mol. The van der Waals surface area contributed by atoms with Gasteiger partial charge in [-0.15, -0.1) is 8.78 Å². The topological polar surface area (TPSA) is 66.0 Å². The number of hydrogen-bond donors (Lipinski definition) is 1. The van der Waals surface area contributed by atoms with Crippen LogP contribution >= 0.6 is 0 Å². The maximum Gasteiger partial charge on any atom is 0.586 e. The molecule has 1 N–H and O–H groups in total. The third kappa shape index (κ3) is 2.66. The Balaban J connectivity index is 1.68. The minimum atomic E-state index is -3.68. The van der Waals surface area contributed by atoms with Gasteiger partial charge in [-0.25, -0.2) is 0 Å². The lowest BCUT2D eigenvalue weighted by atomic mass is 10.2. The SMILES string of the molecule is O=C(Nc1ccc2c(c1)OC(F)(F)O2)C1COCCO1. The number of carbonyl (C=O) groups is 1. The molecule has 20 heavy (non-hydrogen) atoms. The summed E-state index contributed by atoms with van der Waals surface area (Å²) in [6.07, 6.45) is -4.39. The van der Waals surface area contributed by atoms with E-state index >= 15 is 0 Å². The fourth-order valence-corrected chi connectivity index (χ4v) is 1.89. The average Bonchev–Trinajstić information content (AvgIpc) is 2.73. The van der Waals surface area contributed by atoms with Crippen LogP contribution in [0.15, 0.2) is 18.2 Å². The Kier molecular flexibility index (Phi) is 3.19. The molecule has 1 unspecified atom stereocenters. The second-order valence-electron chi connectivity index (χ2n) is 4.25. The Morgan fingerprint density at radius 2 is 2.05 bits per heavy atom. The van der Waals surface area contributed by atoms with E-state index in [-0.39, 0.29) is 18.1 Å². The predicted octanol–water partition coefficient (Wildman–Crippen LogP) is 1.36. The Labute approximate surface area is 112 Å². The standard InChI is InChI=1S/C12H11F2NO5/c13-12(14)19-8-2-1-7(5-9(8)20-12)15-11(16)10-6-17-3-4-18-10/h1-2,5,10H,3-4,6H2,(H,15,16). The maximum absolute atomic E-state index is 12.9. The van der Waals surface area contributed by atoms with E-state index in [1.807, 2.05) is 0 Å². The summed E-state index contributed by atoms with van der Waals surface area (Å²) in [5.41, 5.74) is 0.309. The van der Waals surface area contributed by atoms with Gasteiger partial charge < -0.3 is 24.3 Å². The molecule has 2 heterocycles. The van der Waals surface area contributed by atoms with E-state index in [0.717, 1.165) is 0 Å². The van der Waals surface area contributed by atoms with E-state index in [0.29, 0.717) is 18.9 Å². The van der Waals surface area contributed by atoms with Gasteiger partial charge in [0, 0.05) is 11.8 Å². The second kappa shape index (κ2) is 4.88. The summed E-state index contributed by atoms with van der Waals surface area (Å²) >= 11 is 0. The molecule has 0 spiro atoms. The summed E-state index contributed by atoms with van der Waals surface area (Å²) in [7, 11) is 0. The molecule has 1 amide bonds. The van der Waals surface area contributed by atoms with Gasteiger partial charge in [-0.2, -0.15) is 0 Å². The number of rotatable bonds is 2. The van der Waals surface area contributed by atoms with Crippen molar-refractivity contribution >= 4 is 11.6 Å². The zero-order valence-electron chi connectivity index (χ0n) is 10.2. The van der Waals surface area contributed by atoms with E-state index < -0.39 is 18.3 Å². The first-order valence-corrected chi connectivity index (χ1v) is 5.94. The molecule has 1 aromatic carbocycles. The molecule has 6 nitrogen and oxygen atoms in total. The van der Waals surface area contributed by atoms with Crippen LogP contribution < -0.4 is 14.8 Å². The van der Waals surface area contributed by atoms with Crippen LogP contribution in [0.25, 0.3) is 0 Å². The van der Waals surface area contributed by atoms with E-state index in [2.05, 4.69) is 14.8 Å². The van der Waals surface area contributed by atoms with Crippen molar-refractivity contribution in [3.63, 3.8) is 0 Å². The van der Waals surface area contributed by atoms with Crippen molar-refractivity contribution in [2.75, 3.05) is 25.1 Å². The van der Waals surface area contributed by atoms with Crippen LogP contribution in [-0.4, -0.2) is 38.1 Å². The highest BCUT2D eigenvalue weighted by atomic mass is 19.3. The van der Waals surface area contributed by atoms with Crippen LogP contribution in [0, 0.1) is 0 Å². The Bertz CT molecular complexity index is 531. The number of fused-ring (bicyclic) bond motifs is 1. The van der Waals surface area contributed by atoms with Gasteiger partial charge in [0.15, 0.2) is 17.6 Å². The van der Waals surface area contributed by atoms with Crippen LogP contribution in [0.2, 0.25) is 0 Å². The molecule has 0 aliphatic carbocycles. The highest BCUT2D eigenvalue weighted by Gasteiger charge is 2.43. The first kappa shape index (κ1) is 13.1. The third-order valence-corrected chi connectivity index (χ3v) is 2.78. The van der Waals surface area contributed by atoms with Crippen molar-refractivity contribution in [2.45, 2.75) is 12.4 Å². The summed E-state index contributed by atoms with van der Waals surface area (Å²) in [5.74, 6) is -0.616. The minimum absolute atomic E-state index is 0.0785. The van der Waals surface area contributed by atoms with E-state index in [1.54, 1.807) is 0 Å². The van der Waals surface area contributed by atoms with Crippen molar-refractivity contribution in [2.24, 2.45) is 0 Å². The van der Waals surface area contributed by atoms with Gasteiger partial charge in [0.05, 0.1) is 19.8 Å². The molecule has 0 saturated carbocycles. The maximum atomic E-state index is 12.9. The molecule has 1 aromatic rings. The molecule has 2 aliphatic heterocycles. The number of benzene rings is 1. The fourth-order valence-electron chi connectivity index (χ4n) is 1.89. The van der Waals surface area contributed by atoms with Gasteiger partial charge in [0.1, 0.15) is 0 Å². The Hall–Kier alpha value is -1.93. The molecule has 8 heteroatoms. The number of nitrogens with one attached hydrogen (secondary N) is 1. The normalized spacial score (nSPS) is 23.4. The first-order valence-electron chi connectivity index (χ1n) is 5.94. The molecule has 2 aliphatic rings. The summed E-state index contributed by atoms with van der Waals surface area (Å²) < 4.78 is 44.6. The zero-order chi connectivity index (χ0) is 14.2. The van der Waals surface area contributed by atoms with Crippen LogP contribution in [-0.2, 0) is 14.3 Å². The number of ether oxygens (including phenoxy) is 4. The number of amides is 1. The van der Waals surface area contributed by atoms with Crippen molar-refractivity contribution in [3.05, 3.63) is 18.2 Å². The molecule has 1 saturated heterocycles. The van der Waals surface area contributed by atoms with E-state index in [9.17, 15) is 13.6 Å². The molecule has 0 bridgehead atoms. The molecule has 0 aromatic heterocycles. The summed E-state index contributed by atoms with van der Waals surface area (Å²) in [6, 6.07) is 3.99. The van der Waals surface area contributed by atoms with Gasteiger partial charge in [-0.05, 0) is 12.1 Å². The van der Waals surface area contributed by atoms with Crippen LogP contribution in [0.3, 0.4) is 0 Å². The lowest BCUT2D eigenvalue weighted by Gasteiger charge is -2.22. The highest BCUT2D eigenvalue weighted by molar-refractivity contribution is 5.94. The monoisotopic (exact) mass is 287 g/mol. The van der Waals surface area contributed by atoms with Gasteiger partial charge in [-0.3, -0.25) is 4.79 Å². The average molecular weight is 287 g/mol. The van der Waals surface area contributed by atoms with E-state index in [4.69, 9.17) is 9.47 Å². The Morgan fingerprint density at radius 3 is 2.80 bits per heavy atom. The number of hydrogen-bond acceptors (Lipinski definition) is 5. The molecule has 3 rings (SSSR count). The second-order valence-corrected chi connectivity index (χ2v) is 4.25. The number of carbonyl (C=O) groups excluding carboxylic acids is 1. The lowest BCUT2D eigenvalue weighted by Crippen LogP contribution is -2.39. The highest BCUT2D eigenvalue weighted by Crippen LogP contribution is 2.42. The zero-order valence-corrected chi connectivity index (χ0v) is 10.2. The van der Waals surface area contributed by atoms with Crippen LogP contribution in [0.1, 0.15) is 0 Å². The molecule has 0 radical (unpaired) electrons. The molecule has 108 valence electrons. The molecular formula is C12H11F2NO5. The summed E-state index contributed by atoms with van der Waals surface area (Å²) in [4.78, 5) is 11.9. The van der Waals surface area contributed by atoms with E-state index in [1.165, 1.54) is 18.2 Å². The summed E-state index contributed by atoms with van der Waals surface area (Å²) in [6.45, 7) is 0.947. The largest absolute Gasteiger partial charge is 0.586 e. The van der Waals surface area contributed by atoms with Crippen LogP contribution in [0.5, 0.6) is 11.5 Å². The first-order chi connectivity index (χ1) is 9.53. The number of alkyl halides is 2. The summed E-state index contributed by atoms with van der Waals surface area (Å²) in [5, 5.41) is 2.54. The Morgan fingerprint density at radius 1 is 1.25 bits per heavy atom. The number of halogens is 2. The van der Waals surface area contributed by atoms with Gasteiger partial charge in [0.25, 0.3) is 5.91 Å². The smallest absolute Gasteiger partial charge is 0.395 e. The minimum Gasteiger partial charge on any atom is -0.395 e. The van der Waals surface area contributed by atoms with Gasteiger partial charge in [0.2, 0.25) is 0 Å². The molecule has 1 fully saturated rings. The number of anilines is 1. The van der Waals surface area contributed by atoms with Crippen molar-refractivity contribution in [3.8, 4) is 11.5 Å². The fraction of sp³-hybridized carbons (Fsp3) is 0.417. The van der Waals surface area contributed by atoms with Crippen LogP contribution in [0.4, 0.5) is 14.5 Å². The van der Waals surface area contributed by atoms with Crippen molar-refractivity contribution in [1.29, 1.82) is 0 Å².